The average Bonchev–Trinajstić information content (AvgIpc) is 3.16. The summed E-state index contributed by atoms with van der Waals surface area (Å²) in [6.45, 7) is 1.69. The van der Waals surface area contributed by atoms with Crippen molar-refractivity contribution >= 4 is 29.4 Å². The highest BCUT2D eigenvalue weighted by atomic mass is 16.5. The predicted octanol–water partition coefficient (Wildman–Crippen LogP) is 0.199. The summed E-state index contributed by atoms with van der Waals surface area (Å²) in [5.74, 6) is -3.55. The van der Waals surface area contributed by atoms with Crippen LogP contribution in [0.4, 0.5) is 0 Å². The van der Waals surface area contributed by atoms with Gasteiger partial charge in [0.2, 0.25) is 0 Å². The molecule has 3 rings (SSSR count). The van der Waals surface area contributed by atoms with E-state index in [1.807, 2.05) is 0 Å². The SMILES string of the molecule is COC(=O)c1ccc([C@H](C)NC(=O)c2cc(C(=O)O)n3nnc(C(N)=O)c3n2)cc1. The maximum atomic E-state index is 12.7. The number of benzene rings is 1. The van der Waals surface area contributed by atoms with Crippen LogP contribution in [0.1, 0.15) is 60.4 Å². The first kappa shape index (κ1) is 20.4. The Morgan fingerprint density at radius 1 is 1.20 bits per heavy atom. The Morgan fingerprint density at radius 2 is 1.87 bits per heavy atom. The number of carboxylic acids is 1. The fourth-order valence-electron chi connectivity index (χ4n) is 2.68. The minimum Gasteiger partial charge on any atom is -0.477 e. The second-order valence-corrected chi connectivity index (χ2v) is 6.18. The molecule has 0 radical (unpaired) electrons. The minimum absolute atomic E-state index is 0.248. The number of nitrogens with one attached hydrogen (secondary N) is 1. The molecule has 4 N–H and O–H groups in total. The van der Waals surface area contributed by atoms with Gasteiger partial charge in [-0.3, -0.25) is 9.59 Å². The first-order valence-electron chi connectivity index (χ1n) is 8.51. The van der Waals surface area contributed by atoms with E-state index >= 15 is 0 Å². The topological polar surface area (TPSA) is 179 Å². The standard InChI is InChI=1S/C18H16N6O6/c1-8(9-3-5-10(6-4-9)18(29)30-2)20-16(26)11-7-12(17(27)28)24-15(21-11)13(14(19)25)22-23-24/h3-8H,1-2H3,(H2,19,25)(H,20,26)(H,27,28)/t8-/m0/s1. The Morgan fingerprint density at radius 3 is 2.43 bits per heavy atom. The molecule has 30 heavy (non-hydrogen) atoms. The molecule has 2 aromatic heterocycles. The molecule has 1 atom stereocenters. The molecule has 0 aliphatic rings. The number of nitrogens with zero attached hydrogens (tertiary/aromatic N) is 4. The second kappa shape index (κ2) is 7.95. The Balaban J connectivity index is 1.90. The third kappa shape index (κ3) is 3.78. The molecule has 0 saturated carbocycles. The lowest BCUT2D eigenvalue weighted by molar-refractivity contribution is 0.0599. The van der Waals surface area contributed by atoms with Gasteiger partial charge in [0.15, 0.2) is 17.0 Å². The van der Waals surface area contributed by atoms with Crippen molar-refractivity contribution in [2.75, 3.05) is 7.11 Å². The quantitative estimate of drug-likeness (QED) is 0.477. The van der Waals surface area contributed by atoms with Crippen LogP contribution in [0.5, 0.6) is 0 Å². The van der Waals surface area contributed by atoms with Crippen molar-refractivity contribution in [3.8, 4) is 0 Å². The lowest BCUT2D eigenvalue weighted by Crippen LogP contribution is -2.28. The highest BCUT2D eigenvalue weighted by Gasteiger charge is 2.23. The maximum Gasteiger partial charge on any atom is 0.354 e. The van der Waals surface area contributed by atoms with E-state index in [0.717, 1.165) is 10.6 Å². The van der Waals surface area contributed by atoms with Gasteiger partial charge in [0.25, 0.3) is 11.8 Å². The molecule has 0 saturated heterocycles. The van der Waals surface area contributed by atoms with Gasteiger partial charge < -0.3 is 20.9 Å². The molecule has 154 valence electrons. The fourth-order valence-corrected chi connectivity index (χ4v) is 2.68. The van der Waals surface area contributed by atoms with Crippen molar-refractivity contribution in [2.45, 2.75) is 13.0 Å². The minimum atomic E-state index is -1.40. The first-order valence-corrected chi connectivity index (χ1v) is 8.51. The summed E-state index contributed by atoms with van der Waals surface area (Å²) in [4.78, 5) is 51.2. The number of rotatable bonds is 6. The van der Waals surface area contributed by atoms with E-state index < -0.39 is 35.5 Å². The number of esters is 1. The normalized spacial score (nSPS) is 11.7. The summed E-state index contributed by atoms with van der Waals surface area (Å²) in [6.07, 6.45) is 0. The molecular weight excluding hydrogens is 396 g/mol. The van der Waals surface area contributed by atoms with Crippen LogP contribution in [0.25, 0.3) is 5.65 Å². The van der Waals surface area contributed by atoms with E-state index in [2.05, 4.69) is 25.3 Å². The van der Waals surface area contributed by atoms with Gasteiger partial charge in [-0.25, -0.2) is 14.6 Å². The number of hydrogen-bond acceptors (Lipinski definition) is 8. The lowest BCUT2D eigenvalue weighted by atomic mass is 10.1. The number of primary amides is 1. The molecule has 0 unspecified atom stereocenters. The number of ether oxygens (including phenoxy) is 1. The van der Waals surface area contributed by atoms with Gasteiger partial charge >= 0.3 is 11.9 Å². The summed E-state index contributed by atoms with van der Waals surface area (Å²) in [7, 11) is 1.27. The number of carboxylic acid groups (broad SMARTS) is 1. The molecule has 0 spiro atoms. The molecule has 2 amide bonds. The van der Waals surface area contributed by atoms with Crippen LogP contribution in [0.2, 0.25) is 0 Å². The third-order valence-corrected chi connectivity index (χ3v) is 4.24. The summed E-state index contributed by atoms with van der Waals surface area (Å²) < 4.78 is 5.45. The first-order chi connectivity index (χ1) is 14.2. The predicted molar refractivity (Wildman–Crippen MR) is 99.9 cm³/mol. The van der Waals surface area contributed by atoms with Crippen LogP contribution in [0.3, 0.4) is 0 Å². The van der Waals surface area contributed by atoms with Gasteiger partial charge in [-0.15, -0.1) is 5.10 Å². The van der Waals surface area contributed by atoms with Gasteiger partial charge in [0.05, 0.1) is 18.7 Å². The number of methoxy groups -OCH3 is 1. The highest BCUT2D eigenvalue weighted by molar-refractivity contribution is 6.00. The van der Waals surface area contributed by atoms with E-state index in [9.17, 15) is 24.3 Å². The van der Waals surface area contributed by atoms with E-state index in [1.54, 1.807) is 31.2 Å². The zero-order valence-corrected chi connectivity index (χ0v) is 15.8. The number of amides is 2. The summed E-state index contributed by atoms with van der Waals surface area (Å²) in [6, 6.07) is 6.89. The van der Waals surface area contributed by atoms with Crippen molar-refractivity contribution in [2.24, 2.45) is 5.73 Å². The molecule has 0 bridgehead atoms. The molecular formula is C18H16N6O6. The van der Waals surface area contributed by atoms with Gasteiger partial charge in [-0.05, 0) is 24.6 Å². The monoisotopic (exact) mass is 412 g/mol. The van der Waals surface area contributed by atoms with Crippen LogP contribution in [0, 0.1) is 0 Å². The number of aromatic nitrogens is 4. The smallest absolute Gasteiger partial charge is 0.354 e. The van der Waals surface area contributed by atoms with Crippen LogP contribution in [-0.4, -0.2) is 55.8 Å². The number of aromatic carboxylic acids is 1. The largest absolute Gasteiger partial charge is 0.477 e. The molecule has 12 heteroatoms. The fraction of sp³-hybridized carbons (Fsp3) is 0.167. The van der Waals surface area contributed by atoms with E-state index in [0.29, 0.717) is 11.1 Å². The Bertz CT molecular complexity index is 1170. The number of carbonyl (C=O) groups is 4. The number of fused-ring (bicyclic) bond motifs is 1. The van der Waals surface area contributed by atoms with Gasteiger partial charge in [-0.1, -0.05) is 17.3 Å². The molecule has 0 aliphatic heterocycles. The molecule has 12 nitrogen and oxygen atoms in total. The summed E-state index contributed by atoms with van der Waals surface area (Å²) >= 11 is 0. The van der Waals surface area contributed by atoms with Crippen LogP contribution >= 0.6 is 0 Å². The third-order valence-electron chi connectivity index (χ3n) is 4.24. The number of hydrogen-bond donors (Lipinski definition) is 3. The number of nitrogens with two attached hydrogens (primary N) is 1. The van der Waals surface area contributed by atoms with Crippen LogP contribution in [0.15, 0.2) is 30.3 Å². The van der Waals surface area contributed by atoms with Gasteiger partial charge in [0, 0.05) is 6.07 Å². The average molecular weight is 412 g/mol. The lowest BCUT2D eigenvalue weighted by Gasteiger charge is -2.15. The maximum absolute atomic E-state index is 12.7. The van der Waals surface area contributed by atoms with Crippen LogP contribution in [-0.2, 0) is 4.74 Å². The van der Waals surface area contributed by atoms with Crippen molar-refractivity contribution in [1.29, 1.82) is 0 Å². The highest BCUT2D eigenvalue weighted by Crippen LogP contribution is 2.16. The van der Waals surface area contributed by atoms with E-state index in [-0.39, 0.29) is 17.0 Å². The Kier molecular flexibility index (Phi) is 5.40. The number of carbonyl (C=O) groups excluding carboxylic acids is 3. The van der Waals surface area contributed by atoms with Gasteiger partial charge in [0.1, 0.15) is 5.69 Å². The van der Waals surface area contributed by atoms with Crippen molar-refractivity contribution in [3.05, 3.63) is 58.5 Å². The molecule has 1 aromatic carbocycles. The van der Waals surface area contributed by atoms with Crippen molar-refractivity contribution in [3.63, 3.8) is 0 Å². The van der Waals surface area contributed by atoms with Crippen molar-refractivity contribution < 1.29 is 29.0 Å². The molecule has 0 aliphatic carbocycles. The van der Waals surface area contributed by atoms with Crippen molar-refractivity contribution in [1.82, 2.24) is 25.1 Å². The summed E-state index contributed by atoms with van der Waals surface area (Å²) in [5, 5.41) is 19.1. The second-order valence-electron chi connectivity index (χ2n) is 6.18. The zero-order chi connectivity index (χ0) is 22.0. The Labute approximate surface area is 168 Å². The van der Waals surface area contributed by atoms with E-state index in [4.69, 9.17) is 5.73 Å². The Hall–Kier alpha value is -4.35. The zero-order valence-electron chi connectivity index (χ0n) is 15.8. The summed E-state index contributed by atoms with van der Waals surface area (Å²) in [5.41, 5.74) is 4.95. The van der Waals surface area contributed by atoms with E-state index in [1.165, 1.54) is 7.11 Å². The molecule has 2 heterocycles. The molecule has 3 aromatic rings. The van der Waals surface area contributed by atoms with Crippen LogP contribution < -0.4 is 11.1 Å². The van der Waals surface area contributed by atoms with Gasteiger partial charge in [-0.2, -0.15) is 4.52 Å². The molecule has 0 fully saturated rings.